The van der Waals surface area contributed by atoms with E-state index in [4.69, 9.17) is 0 Å². The number of nitrogens with zero attached hydrogens (tertiary/aromatic N) is 2. The lowest BCUT2D eigenvalue weighted by Crippen LogP contribution is -2.26. The minimum absolute atomic E-state index is 0.0106. The summed E-state index contributed by atoms with van der Waals surface area (Å²) in [6, 6.07) is 18.2. The number of aromatic nitrogens is 2. The monoisotopic (exact) mass is 482 g/mol. The average Bonchev–Trinajstić information content (AvgIpc) is 3.09. The van der Waals surface area contributed by atoms with Gasteiger partial charge in [0.15, 0.2) is 0 Å². The minimum atomic E-state index is -3.99. The maximum atomic E-state index is 13.2. The highest BCUT2D eigenvalue weighted by molar-refractivity contribution is 7.92. The number of hydrogen-bond donors (Lipinski definition) is 2. The molecule has 0 unspecified atom stereocenters. The Morgan fingerprint density at radius 2 is 1.47 bits per heavy atom. The maximum Gasteiger partial charge on any atom is 0.329 e. The number of imidazole rings is 1. The lowest BCUT2D eigenvalue weighted by Gasteiger charge is -2.14. The molecule has 1 amide bonds. The molecule has 0 fully saturated rings. The fourth-order valence-electron chi connectivity index (χ4n) is 3.72. The molecule has 0 radical (unpaired) electrons. The molecule has 1 heterocycles. The molecule has 0 aliphatic heterocycles. The summed E-state index contributed by atoms with van der Waals surface area (Å²) in [5, 5.41) is 2.70. The Labute approximate surface area is 195 Å². The molecular formula is C24H23FN4O4S. The van der Waals surface area contributed by atoms with Crippen LogP contribution in [0.2, 0.25) is 0 Å². The van der Waals surface area contributed by atoms with Gasteiger partial charge in [0.25, 0.3) is 10.0 Å². The van der Waals surface area contributed by atoms with Crippen molar-refractivity contribution in [3.63, 3.8) is 0 Å². The van der Waals surface area contributed by atoms with Crippen LogP contribution in [0.3, 0.4) is 0 Å². The molecule has 4 aromatic rings. The van der Waals surface area contributed by atoms with E-state index in [-0.39, 0.29) is 40.8 Å². The van der Waals surface area contributed by atoms with E-state index >= 15 is 0 Å². The molecule has 4 rings (SSSR count). The van der Waals surface area contributed by atoms with E-state index in [9.17, 15) is 22.4 Å². The number of sulfonamides is 1. The van der Waals surface area contributed by atoms with Crippen LogP contribution in [0.1, 0.15) is 13.3 Å². The lowest BCUT2D eigenvalue weighted by molar-refractivity contribution is -0.116. The fourth-order valence-corrected chi connectivity index (χ4v) is 4.80. The molecule has 10 heteroatoms. The number of amides is 1. The third-order valence-electron chi connectivity index (χ3n) is 5.37. The number of anilines is 2. The summed E-state index contributed by atoms with van der Waals surface area (Å²) in [5.41, 5.74) is 1.79. The van der Waals surface area contributed by atoms with Crippen LogP contribution in [0.15, 0.2) is 82.5 Å². The highest BCUT2D eigenvalue weighted by atomic mass is 32.2. The topological polar surface area (TPSA) is 102 Å². The molecule has 3 aromatic carbocycles. The summed E-state index contributed by atoms with van der Waals surface area (Å²) in [6.45, 7) is 2.57. The van der Waals surface area contributed by atoms with Crippen molar-refractivity contribution in [2.45, 2.75) is 31.3 Å². The Kier molecular flexibility index (Phi) is 6.51. The smallest absolute Gasteiger partial charge is 0.324 e. The van der Waals surface area contributed by atoms with E-state index in [1.54, 1.807) is 27.3 Å². The number of fused-ring (bicyclic) bond motifs is 1. The zero-order valence-corrected chi connectivity index (χ0v) is 19.2. The predicted octanol–water partition coefficient (Wildman–Crippen LogP) is 3.79. The molecule has 0 saturated heterocycles. The van der Waals surface area contributed by atoms with Crippen LogP contribution in [0.25, 0.3) is 11.0 Å². The number of hydrogen-bond acceptors (Lipinski definition) is 4. The van der Waals surface area contributed by atoms with Crippen molar-refractivity contribution in [3.8, 4) is 0 Å². The number of carbonyl (C=O) groups excluding carboxylic acids is 1. The second kappa shape index (κ2) is 9.52. The summed E-state index contributed by atoms with van der Waals surface area (Å²) in [5.74, 6) is -0.929. The molecule has 0 spiro atoms. The molecule has 34 heavy (non-hydrogen) atoms. The quantitative estimate of drug-likeness (QED) is 0.399. The minimum Gasteiger partial charge on any atom is -0.324 e. The number of benzene rings is 3. The van der Waals surface area contributed by atoms with E-state index < -0.39 is 15.8 Å². The van der Waals surface area contributed by atoms with Gasteiger partial charge in [0.1, 0.15) is 5.82 Å². The van der Waals surface area contributed by atoms with Crippen molar-refractivity contribution >= 4 is 38.3 Å². The fraction of sp³-hybridized carbons (Fsp3) is 0.167. The van der Waals surface area contributed by atoms with E-state index in [0.717, 1.165) is 35.3 Å². The molecule has 0 atom stereocenters. The molecule has 2 N–H and O–H groups in total. The zero-order valence-electron chi connectivity index (χ0n) is 18.4. The van der Waals surface area contributed by atoms with Crippen molar-refractivity contribution < 1.29 is 17.6 Å². The predicted molar refractivity (Wildman–Crippen MR) is 129 cm³/mol. The Bertz CT molecular complexity index is 1510. The summed E-state index contributed by atoms with van der Waals surface area (Å²) in [6.07, 6.45) is 0.0106. The molecule has 0 aliphatic rings. The highest BCUT2D eigenvalue weighted by Gasteiger charge is 2.18. The van der Waals surface area contributed by atoms with Crippen LogP contribution in [0.4, 0.5) is 15.8 Å². The third kappa shape index (κ3) is 4.72. The number of halogens is 1. The first-order valence-electron chi connectivity index (χ1n) is 10.7. The van der Waals surface area contributed by atoms with Gasteiger partial charge >= 0.3 is 5.69 Å². The first-order valence-corrected chi connectivity index (χ1v) is 12.1. The maximum absolute atomic E-state index is 13.2. The van der Waals surface area contributed by atoms with Gasteiger partial charge in [0.05, 0.1) is 27.3 Å². The summed E-state index contributed by atoms with van der Waals surface area (Å²) in [7, 11) is -3.99. The molecule has 8 nitrogen and oxygen atoms in total. The summed E-state index contributed by atoms with van der Waals surface area (Å²) in [4.78, 5) is 25.3. The van der Waals surface area contributed by atoms with E-state index in [2.05, 4.69) is 10.0 Å². The van der Waals surface area contributed by atoms with Crippen molar-refractivity contribution in [2.24, 2.45) is 0 Å². The van der Waals surface area contributed by atoms with E-state index in [1.807, 2.05) is 31.2 Å². The van der Waals surface area contributed by atoms with Gasteiger partial charge in [0, 0.05) is 19.5 Å². The third-order valence-corrected chi connectivity index (χ3v) is 6.75. The second-order valence-electron chi connectivity index (χ2n) is 7.57. The van der Waals surface area contributed by atoms with Gasteiger partial charge in [-0.15, -0.1) is 0 Å². The van der Waals surface area contributed by atoms with Gasteiger partial charge in [-0.05, 0) is 55.5 Å². The van der Waals surface area contributed by atoms with Gasteiger partial charge in [-0.3, -0.25) is 18.7 Å². The van der Waals surface area contributed by atoms with Gasteiger partial charge in [0.2, 0.25) is 5.91 Å². The van der Waals surface area contributed by atoms with Crippen LogP contribution >= 0.6 is 0 Å². The summed E-state index contributed by atoms with van der Waals surface area (Å²) >= 11 is 0. The second-order valence-corrected chi connectivity index (χ2v) is 9.25. The van der Waals surface area contributed by atoms with Crippen LogP contribution in [0.5, 0.6) is 0 Å². The van der Waals surface area contributed by atoms with Crippen LogP contribution in [-0.2, 0) is 27.9 Å². The van der Waals surface area contributed by atoms with Crippen LogP contribution in [-0.4, -0.2) is 23.5 Å². The average molecular weight is 483 g/mol. The first kappa shape index (κ1) is 23.2. The van der Waals surface area contributed by atoms with Crippen LogP contribution in [0, 0.1) is 5.82 Å². The SMILES string of the molecule is CCn1c(=O)n(CCC(=O)Nc2ccccc2NS(=O)(=O)c2ccc(F)cc2)c2ccccc21. The van der Waals surface area contributed by atoms with Gasteiger partial charge in [-0.25, -0.2) is 17.6 Å². The van der Waals surface area contributed by atoms with Gasteiger partial charge < -0.3 is 5.32 Å². The Morgan fingerprint density at radius 3 is 2.12 bits per heavy atom. The number of para-hydroxylation sites is 4. The lowest BCUT2D eigenvalue weighted by atomic mass is 10.2. The Morgan fingerprint density at radius 1 is 0.882 bits per heavy atom. The molecule has 0 saturated carbocycles. The molecule has 176 valence electrons. The standard InChI is InChI=1S/C24H23FN4O4S/c1-2-28-21-9-5-6-10-22(21)29(24(28)31)16-15-23(30)26-19-7-3-4-8-20(19)27-34(32,33)18-13-11-17(25)12-14-18/h3-14,27H,2,15-16H2,1H3,(H,26,30). The highest BCUT2D eigenvalue weighted by Crippen LogP contribution is 2.25. The van der Waals surface area contributed by atoms with Crippen molar-refractivity contribution in [1.82, 2.24) is 9.13 Å². The number of nitrogens with one attached hydrogen (secondary N) is 2. The molecule has 0 bridgehead atoms. The van der Waals surface area contributed by atoms with E-state index in [1.165, 1.54) is 6.07 Å². The molecule has 0 aliphatic carbocycles. The molecular weight excluding hydrogens is 459 g/mol. The van der Waals surface area contributed by atoms with Gasteiger partial charge in [-0.1, -0.05) is 24.3 Å². The molecule has 1 aromatic heterocycles. The zero-order chi connectivity index (χ0) is 24.3. The van der Waals surface area contributed by atoms with Crippen LogP contribution < -0.4 is 15.7 Å². The largest absolute Gasteiger partial charge is 0.329 e. The number of rotatable bonds is 8. The van der Waals surface area contributed by atoms with Crippen molar-refractivity contribution in [1.29, 1.82) is 0 Å². The Hall–Kier alpha value is -3.92. The first-order chi connectivity index (χ1) is 16.3. The summed E-state index contributed by atoms with van der Waals surface area (Å²) < 4.78 is 44.1. The number of carbonyl (C=O) groups is 1. The van der Waals surface area contributed by atoms with Crippen molar-refractivity contribution in [3.05, 3.63) is 89.1 Å². The van der Waals surface area contributed by atoms with Crippen molar-refractivity contribution in [2.75, 3.05) is 10.0 Å². The van der Waals surface area contributed by atoms with E-state index in [0.29, 0.717) is 6.54 Å². The van der Waals surface area contributed by atoms with Gasteiger partial charge in [-0.2, -0.15) is 0 Å². The number of aryl methyl sites for hydroxylation is 2. The normalized spacial score (nSPS) is 11.5. The Balaban J connectivity index is 1.50.